The van der Waals surface area contributed by atoms with Crippen LogP contribution in [0.1, 0.15) is 77.1 Å². The molecule has 14 nitrogen and oxygen atoms in total. The van der Waals surface area contributed by atoms with Crippen LogP contribution < -0.4 is 10.6 Å². The summed E-state index contributed by atoms with van der Waals surface area (Å²) in [6, 6.07) is 14.6. The summed E-state index contributed by atoms with van der Waals surface area (Å²) in [5.74, 6) is 1.08. The van der Waals surface area contributed by atoms with Crippen LogP contribution in [0, 0.1) is 0 Å². The van der Waals surface area contributed by atoms with Gasteiger partial charge in [0.05, 0.1) is 50.1 Å². The lowest BCUT2D eigenvalue weighted by Crippen LogP contribution is -2.48. The number of methoxy groups -OCH3 is 2. The maximum Gasteiger partial charge on any atom is 0.407 e. The van der Waals surface area contributed by atoms with Crippen LogP contribution in [-0.2, 0) is 19.1 Å². The Morgan fingerprint density at radius 2 is 0.981 bits per heavy atom. The molecule has 2 aromatic carbocycles. The van der Waals surface area contributed by atoms with E-state index in [0.717, 1.165) is 59.3 Å². The van der Waals surface area contributed by atoms with Crippen LogP contribution in [0.15, 0.2) is 60.9 Å². The fourth-order valence-corrected chi connectivity index (χ4v) is 7.28. The number of H-pyrrole nitrogens is 2. The summed E-state index contributed by atoms with van der Waals surface area (Å²) in [5, 5.41) is 5.15. The van der Waals surface area contributed by atoms with E-state index in [0.29, 0.717) is 11.6 Å². The Bertz CT molecular complexity index is 1770. The Labute approximate surface area is 302 Å². The number of ether oxygens (including phenoxy) is 2. The highest BCUT2D eigenvalue weighted by Gasteiger charge is 2.40. The number of amides is 4. The summed E-state index contributed by atoms with van der Waals surface area (Å²) in [7, 11) is 2.54. The molecule has 52 heavy (non-hydrogen) atoms. The predicted molar refractivity (Wildman–Crippen MR) is 194 cm³/mol. The molecule has 0 radical (unpaired) electrons. The van der Waals surface area contributed by atoms with Gasteiger partial charge in [-0.3, -0.25) is 9.59 Å². The number of benzene rings is 2. The van der Waals surface area contributed by atoms with E-state index < -0.39 is 24.3 Å². The first-order valence-corrected chi connectivity index (χ1v) is 17.6. The van der Waals surface area contributed by atoms with Crippen LogP contribution >= 0.6 is 0 Å². The van der Waals surface area contributed by atoms with Gasteiger partial charge >= 0.3 is 12.2 Å². The van der Waals surface area contributed by atoms with E-state index >= 15 is 0 Å². The highest BCUT2D eigenvalue weighted by atomic mass is 16.5. The summed E-state index contributed by atoms with van der Waals surface area (Å²) < 4.78 is 9.33. The van der Waals surface area contributed by atoms with Crippen LogP contribution in [0.4, 0.5) is 9.59 Å². The van der Waals surface area contributed by atoms with Gasteiger partial charge < -0.3 is 39.9 Å². The summed E-state index contributed by atoms with van der Waals surface area (Å²) in [6.45, 7) is 7.33. The lowest BCUT2D eigenvalue weighted by Gasteiger charge is -2.30. The monoisotopic (exact) mass is 710 g/mol. The molecule has 2 saturated heterocycles. The number of alkyl carbamates (subject to hydrolysis) is 2. The van der Waals surface area contributed by atoms with Crippen molar-refractivity contribution in [3.63, 3.8) is 0 Å². The first-order chi connectivity index (χ1) is 25.0. The average Bonchev–Trinajstić information content (AvgIpc) is 3.98. The molecule has 0 aliphatic carbocycles. The molecule has 4 aromatic rings. The average molecular weight is 711 g/mol. The number of carbonyl (C=O) groups excluding carboxylic acids is 4. The molecule has 2 fully saturated rings. The molecule has 4 heterocycles. The largest absolute Gasteiger partial charge is 0.453 e. The van der Waals surface area contributed by atoms with Gasteiger partial charge in [-0.1, -0.05) is 48.5 Å². The van der Waals surface area contributed by atoms with Gasteiger partial charge in [0.25, 0.3) is 0 Å². The summed E-state index contributed by atoms with van der Waals surface area (Å²) >= 11 is 0. The maximum absolute atomic E-state index is 13.3. The van der Waals surface area contributed by atoms with E-state index in [4.69, 9.17) is 0 Å². The Hall–Kier alpha value is -5.66. The van der Waals surface area contributed by atoms with Crippen molar-refractivity contribution in [3.05, 3.63) is 72.6 Å². The third kappa shape index (κ3) is 7.37. The SMILES string of the molecule is COC(=O)N[C@@H](C)C(=O)N1[C@@H](C)CC[C@H]1c1ncc(-c2ccc(-c3ccc(-c4cnc([C@@H]5CC[C@H](C)N5C(=O)[C@H](C)NC(=O)OC)[nH]4)cc3)cc2)[nH]1. The van der Waals surface area contributed by atoms with Crippen LogP contribution in [0.5, 0.6) is 0 Å². The molecule has 6 rings (SSSR count). The van der Waals surface area contributed by atoms with Crippen molar-refractivity contribution in [1.29, 1.82) is 0 Å². The van der Waals surface area contributed by atoms with Gasteiger partial charge in [-0.15, -0.1) is 0 Å². The second kappa shape index (κ2) is 15.3. The Kier molecular flexibility index (Phi) is 10.6. The molecule has 14 heteroatoms. The number of rotatable bonds is 9. The van der Waals surface area contributed by atoms with E-state index in [1.807, 2.05) is 38.1 Å². The van der Waals surface area contributed by atoms with Crippen LogP contribution in [0.2, 0.25) is 0 Å². The normalized spacial score (nSPS) is 21.0. The van der Waals surface area contributed by atoms with Gasteiger partial charge in [-0.2, -0.15) is 0 Å². The topological polar surface area (TPSA) is 175 Å². The second-order valence-corrected chi connectivity index (χ2v) is 13.6. The van der Waals surface area contributed by atoms with Crippen LogP contribution in [-0.4, -0.2) is 92.1 Å². The molecule has 4 N–H and O–H groups in total. The minimum atomic E-state index is -0.722. The zero-order chi connectivity index (χ0) is 37.1. The van der Waals surface area contributed by atoms with Crippen molar-refractivity contribution in [2.75, 3.05) is 14.2 Å². The van der Waals surface area contributed by atoms with Crippen molar-refractivity contribution >= 4 is 24.0 Å². The van der Waals surface area contributed by atoms with Gasteiger partial charge in [0.1, 0.15) is 23.7 Å². The fraction of sp³-hybridized carbons (Fsp3) is 0.421. The molecular weight excluding hydrogens is 664 g/mol. The van der Waals surface area contributed by atoms with E-state index in [1.165, 1.54) is 14.2 Å². The lowest BCUT2D eigenvalue weighted by molar-refractivity contribution is -0.136. The quantitative estimate of drug-likeness (QED) is 0.170. The number of hydrogen-bond donors (Lipinski definition) is 4. The molecule has 0 saturated carbocycles. The predicted octanol–water partition coefficient (Wildman–Crippen LogP) is 5.73. The van der Waals surface area contributed by atoms with Crippen molar-refractivity contribution in [2.45, 2.75) is 89.6 Å². The van der Waals surface area contributed by atoms with E-state index in [1.54, 1.807) is 36.0 Å². The number of aromatic nitrogens is 4. The number of carbonyl (C=O) groups is 4. The summed E-state index contributed by atoms with van der Waals surface area (Å²) in [4.78, 5) is 69.7. The molecule has 2 aliphatic rings. The van der Waals surface area contributed by atoms with Gasteiger partial charge in [-0.05, 0) is 75.6 Å². The molecule has 0 unspecified atom stereocenters. The first kappa shape index (κ1) is 36.1. The zero-order valence-electron chi connectivity index (χ0n) is 30.3. The van der Waals surface area contributed by atoms with Crippen molar-refractivity contribution in [1.82, 2.24) is 40.4 Å². The molecule has 4 amide bonds. The molecule has 0 bridgehead atoms. The molecule has 2 aromatic heterocycles. The second-order valence-electron chi connectivity index (χ2n) is 13.6. The molecule has 6 atom stereocenters. The fourth-order valence-electron chi connectivity index (χ4n) is 7.28. The van der Waals surface area contributed by atoms with Crippen LogP contribution in [0.3, 0.4) is 0 Å². The Morgan fingerprint density at radius 1 is 0.635 bits per heavy atom. The molecule has 274 valence electrons. The smallest absolute Gasteiger partial charge is 0.407 e. The number of aromatic amines is 2. The Morgan fingerprint density at radius 3 is 1.33 bits per heavy atom. The number of likely N-dealkylation sites (tertiary alicyclic amines) is 2. The minimum absolute atomic E-state index is 0.0122. The number of hydrogen-bond acceptors (Lipinski definition) is 8. The van der Waals surface area contributed by atoms with Crippen molar-refractivity contribution < 1.29 is 28.7 Å². The first-order valence-electron chi connectivity index (χ1n) is 17.6. The van der Waals surface area contributed by atoms with Gasteiger partial charge in [0.15, 0.2) is 0 Å². The summed E-state index contributed by atoms with van der Waals surface area (Å²) in [6.07, 6.45) is 5.51. The van der Waals surface area contributed by atoms with E-state index in [-0.39, 0.29) is 36.0 Å². The van der Waals surface area contributed by atoms with Gasteiger partial charge in [-0.25, -0.2) is 19.6 Å². The van der Waals surface area contributed by atoms with Crippen molar-refractivity contribution in [3.8, 4) is 33.6 Å². The minimum Gasteiger partial charge on any atom is -0.453 e. The third-order valence-corrected chi connectivity index (χ3v) is 10.2. The Balaban J connectivity index is 1.11. The number of imidazole rings is 2. The molecule has 0 spiro atoms. The highest BCUT2D eigenvalue weighted by Crippen LogP contribution is 2.38. The van der Waals surface area contributed by atoms with Crippen molar-refractivity contribution in [2.24, 2.45) is 0 Å². The standard InChI is InChI=1S/C38H46N8O6/c1-21-7-17-31(45(21)35(47)23(3)41-37(49)51-5)33-39-19-29(43-33)27-13-9-25(10-14-27)26-11-15-28(16-12-26)30-20-40-34(44-30)32-18-8-22(2)46(32)36(48)24(4)42-38(50)52-6/h9-16,19-24,31-32H,7-8,17-18H2,1-6H3,(H,39,43)(H,40,44)(H,41,49)(H,42,50)/t21-,22-,23-,24-,31-,32-/m0/s1. The zero-order valence-corrected chi connectivity index (χ0v) is 30.3. The van der Waals surface area contributed by atoms with E-state index in [9.17, 15) is 19.2 Å². The number of nitrogens with one attached hydrogen (secondary N) is 4. The summed E-state index contributed by atoms with van der Waals surface area (Å²) in [5.41, 5.74) is 5.75. The van der Waals surface area contributed by atoms with Gasteiger partial charge in [0, 0.05) is 12.1 Å². The van der Waals surface area contributed by atoms with Crippen LogP contribution in [0.25, 0.3) is 33.6 Å². The highest BCUT2D eigenvalue weighted by molar-refractivity contribution is 5.87. The maximum atomic E-state index is 13.3. The number of nitrogens with zero attached hydrogens (tertiary/aromatic N) is 4. The third-order valence-electron chi connectivity index (χ3n) is 10.2. The molecule has 2 aliphatic heterocycles. The molecular formula is C38H46N8O6. The van der Waals surface area contributed by atoms with E-state index in [2.05, 4.69) is 64.3 Å². The van der Waals surface area contributed by atoms with Gasteiger partial charge in [0.2, 0.25) is 11.8 Å². The lowest BCUT2D eigenvalue weighted by atomic mass is 10.0.